The molecule has 5 nitrogen and oxygen atoms in total. The van der Waals surface area contributed by atoms with Gasteiger partial charge in [-0.2, -0.15) is 0 Å². The van der Waals surface area contributed by atoms with Crippen LogP contribution in [-0.4, -0.2) is 22.5 Å². The number of rotatable bonds is 2. The fraction of sp³-hybridized carbons (Fsp3) is 0.150. The maximum absolute atomic E-state index is 12.8. The van der Waals surface area contributed by atoms with E-state index in [0.29, 0.717) is 28.8 Å². The van der Waals surface area contributed by atoms with E-state index >= 15 is 0 Å². The van der Waals surface area contributed by atoms with Gasteiger partial charge in [-0.1, -0.05) is 28.1 Å². The lowest BCUT2D eigenvalue weighted by Gasteiger charge is -2.10. The highest BCUT2D eigenvalue weighted by Gasteiger charge is 2.30. The van der Waals surface area contributed by atoms with Gasteiger partial charge >= 0.3 is 0 Å². The van der Waals surface area contributed by atoms with Crippen molar-refractivity contribution in [2.45, 2.75) is 13.5 Å². The predicted octanol–water partition coefficient (Wildman–Crippen LogP) is 3.70. The second kappa shape index (κ2) is 6.21. The van der Waals surface area contributed by atoms with Gasteiger partial charge in [-0.3, -0.25) is 14.2 Å². The molecule has 2 aromatic carbocycles. The minimum absolute atomic E-state index is 0.0989. The number of amides is 1. The number of carbonyl (C=O) groups is 1. The lowest BCUT2D eigenvalue weighted by Crippen LogP contribution is -2.24. The summed E-state index contributed by atoms with van der Waals surface area (Å²) in [5, 5.41) is 0.578. The molecule has 1 amide bonds. The normalized spacial score (nSPS) is 15.1. The minimum atomic E-state index is -0.108. The summed E-state index contributed by atoms with van der Waals surface area (Å²) in [6, 6.07) is 13.0. The Balaban J connectivity index is 1.99. The van der Waals surface area contributed by atoms with Crippen LogP contribution in [0.3, 0.4) is 0 Å². The Morgan fingerprint density at radius 3 is 2.69 bits per heavy atom. The zero-order valence-corrected chi connectivity index (χ0v) is 15.9. The van der Waals surface area contributed by atoms with E-state index in [1.807, 2.05) is 43.3 Å². The molecule has 0 spiro atoms. The number of fused-ring (bicyclic) bond motifs is 2. The van der Waals surface area contributed by atoms with Gasteiger partial charge in [-0.15, -0.1) is 0 Å². The summed E-state index contributed by atoms with van der Waals surface area (Å²) in [5.41, 5.74) is 2.74. The third-order valence-electron chi connectivity index (χ3n) is 4.63. The molecule has 130 valence electrons. The van der Waals surface area contributed by atoms with Crippen LogP contribution >= 0.6 is 15.9 Å². The van der Waals surface area contributed by atoms with Crippen molar-refractivity contribution in [3.05, 3.63) is 68.7 Å². The molecule has 1 aliphatic rings. The highest BCUT2D eigenvalue weighted by molar-refractivity contribution is 9.10. The molecule has 2 heterocycles. The molecule has 0 unspecified atom stereocenters. The molecule has 6 heteroatoms. The highest BCUT2D eigenvalue weighted by Crippen LogP contribution is 2.38. The average molecular weight is 410 g/mol. The van der Waals surface area contributed by atoms with Crippen LogP contribution in [0.1, 0.15) is 18.3 Å². The molecule has 3 aromatic rings. The number of anilines is 1. The molecule has 0 saturated heterocycles. The molecule has 0 radical (unpaired) electrons. The molecule has 1 aromatic heterocycles. The van der Waals surface area contributed by atoms with Gasteiger partial charge in [0.2, 0.25) is 0 Å². The Morgan fingerprint density at radius 2 is 1.92 bits per heavy atom. The van der Waals surface area contributed by atoms with Crippen molar-refractivity contribution in [1.82, 2.24) is 9.55 Å². The predicted molar refractivity (Wildman–Crippen MR) is 107 cm³/mol. The van der Waals surface area contributed by atoms with Crippen molar-refractivity contribution in [2.75, 3.05) is 11.9 Å². The molecule has 0 fully saturated rings. The highest BCUT2D eigenvalue weighted by atomic mass is 79.9. The third-order valence-corrected chi connectivity index (χ3v) is 5.12. The zero-order chi connectivity index (χ0) is 18.4. The van der Waals surface area contributed by atoms with E-state index < -0.39 is 0 Å². The van der Waals surface area contributed by atoms with Gasteiger partial charge in [-0.05, 0) is 43.3 Å². The number of hydrogen-bond donors (Lipinski definition) is 0. The Bertz CT molecular complexity index is 1150. The number of benzene rings is 2. The number of hydrogen-bond acceptors (Lipinski definition) is 3. The van der Waals surface area contributed by atoms with Crippen molar-refractivity contribution in [2.24, 2.45) is 0 Å². The Hall–Kier alpha value is -2.73. The largest absolute Gasteiger partial charge is 0.311 e. The summed E-state index contributed by atoms with van der Waals surface area (Å²) < 4.78 is 2.49. The second-order valence-corrected chi connectivity index (χ2v) is 7.04. The molecule has 0 saturated carbocycles. The van der Waals surface area contributed by atoms with Crippen molar-refractivity contribution in [3.8, 4) is 0 Å². The summed E-state index contributed by atoms with van der Waals surface area (Å²) in [6.45, 7) is 2.37. The van der Waals surface area contributed by atoms with Crippen LogP contribution in [0.15, 0.2) is 51.7 Å². The topological polar surface area (TPSA) is 55.2 Å². The van der Waals surface area contributed by atoms with E-state index in [4.69, 9.17) is 0 Å². The van der Waals surface area contributed by atoms with Crippen molar-refractivity contribution >= 4 is 50.1 Å². The number of nitrogens with zero attached hydrogens (tertiary/aromatic N) is 3. The maximum atomic E-state index is 12.8. The van der Waals surface area contributed by atoms with Gasteiger partial charge < -0.3 is 4.90 Å². The second-order valence-electron chi connectivity index (χ2n) is 6.12. The summed E-state index contributed by atoms with van der Waals surface area (Å²) in [5.74, 6) is 0.379. The summed E-state index contributed by atoms with van der Waals surface area (Å²) in [6.07, 6.45) is 1.72. The Morgan fingerprint density at radius 1 is 1.15 bits per heavy atom. The maximum Gasteiger partial charge on any atom is 0.261 e. The first-order valence-electron chi connectivity index (χ1n) is 8.30. The molecule has 0 N–H and O–H groups in total. The molecule has 0 atom stereocenters. The molecular formula is C20H16BrN3O2. The Kier molecular flexibility index (Phi) is 4.00. The van der Waals surface area contributed by atoms with Crippen LogP contribution < -0.4 is 10.5 Å². The third kappa shape index (κ3) is 2.49. The molecule has 1 aliphatic heterocycles. The van der Waals surface area contributed by atoms with Gasteiger partial charge in [0.15, 0.2) is 0 Å². The summed E-state index contributed by atoms with van der Waals surface area (Å²) in [4.78, 5) is 31.8. The SMILES string of the molecule is CCn1c(/C=C2/C(=O)N(C)c3ccc(Br)cc32)nc2ccccc2c1=O. The van der Waals surface area contributed by atoms with Crippen LogP contribution in [0.5, 0.6) is 0 Å². The van der Waals surface area contributed by atoms with Crippen LogP contribution in [0, 0.1) is 0 Å². The molecule has 0 bridgehead atoms. The number of para-hydroxylation sites is 1. The van der Waals surface area contributed by atoms with Crippen molar-refractivity contribution < 1.29 is 4.79 Å². The van der Waals surface area contributed by atoms with Gasteiger partial charge in [0, 0.05) is 23.6 Å². The molecule has 4 rings (SSSR count). The summed E-state index contributed by atoms with van der Waals surface area (Å²) in [7, 11) is 1.75. The van der Waals surface area contributed by atoms with Crippen molar-refractivity contribution in [3.63, 3.8) is 0 Å². The standard InChI is InChI=1S/C20H16BrN3O2/c1-3-24-18(22-16-7-5-4-6-13(16)20(24)26)11-15-14-10-12(21)8-9-17(14)23(2)19(15)25/h4-11H,3H2,1-2H3/b15-11+. The fourth-order valence-corrected chi connectivity index (χ4v) is 3.65. The number of aromatic nitrogens is 2. The van der Waals surface area contributed by atoms with Gasteiger partial charge in [-0.25, -0.2) is 4.98 Å². The molecule has 26 heavy (non-hydrogen) atoms. The van der Waals surface area contributed by atoms with E-state index in [0.717, 1.165) is 15.7 Å². The zero-order valence-electron chi connectivity index (χ0n) is 14.4. The first-order valence-corrected chi connectivity index (χ1v) is 9.10. The van der Waals surface area contributed by atoms with Gasteiger partial charge in [0.25, 0.3) is 11.5 Å². The van der Waals surface area contributed by atoms with Crippen LogP contribution in [0.25, 0.3) is 22.6 Å². The lowest BCUT2D eigenvalue weighted by atomic mass is 10.1. The number of carbonyl (C=O) groups excluding carboxylic acids is 1. The van der Waals surface area contributed by atoms with Crippen LogP contribution in [-0.2, 0) is 11.3 Å². The average Bonchev–Trinajstić information content (AvgIpc) is 2.86. The fourth-order valence-electron chi connectivity index (χ4n) is 3.29. The Labute approximate surface area is 158 Å². The van der Waals surface area contributed by atoms with Crippen LogP contribution in [0.2, 0.25) is 0 Å². The van der Waals surface area contributed by atoms with E-state index in [-0.39, 0.29) is 11.5 Å². The van der Waals surface area contributed by atoms with Gasteiger partial charge in [0.05, 0.1) is 22.2 Å². The van der Waals surface area contributed by atoms with Crippen LogP contribution in [0.4, 0.5) is 5.69 Å². The molecular weight excluding hydrogens is 394 g/mol. The lowest BCUT2D eigenvalue weighted by molar-refractivity contribution is -0.112. The quantitative estimate of drug-likeness (QED) is 0.606. The minimum Gasteiger partial charge on any atom is -0.311 e. The smallest absolute Gasteiger partial charge is 0.261 e. The van der Waals surface area contributed by atoms with E-state index in [2.05, 4.69) is 20.9 Å². The monoisotopic (exact) mass is 409 g/mol. The van der Waals surface area contributed by atoms with E-state index in [1.54, 1.807) is 28.7 Å². The first kappa shape index (κ1) is 16.7. The molecule has 0 aliphatic carbocycles. The van der Waals surface area contributed by atoms with Gasteiger partial charge in [0.1, 0.15) is 5.82 Å². The number of halogens is 1. The van der Waals surface area contributed by atoms with Crippen molar-refractivity contribution in [1.29, 1.82) is 0 Å². The summed E-state index contributed by atoms with van der Waals surface area (Å²) >= 11 is 3.46. The number of likely N-dealkylation sites (N-methyl/N-ethyl adjacent to an activating group) is 1. The van der Waals surface area contributed by atoms with E-state index in [1.165, 1.54) is 0 Å². The van der Waals surface area contributed by atoms with E-state index in [9.17, 15) is 9.59 Å². The first-order chi connectivity index (χ1) is 12.5.